The van der Waals surface area contributed by atoms with Gasteiger partial charge in [0.1, 0.15) is 6.10 Å². The molecule has 4 aliphatic carbocycles. The Kier molecular flexibility index (Phi) is 5.60. The van der Waals surface area contributed by atoms with Gasteiger partial charge in [-0.25, -0.2) is 4.79 Å². The van der Waals surface area contributed by atoms with Gasteiger partial charge in [0.05, 0.1) is 17.6 Å². The van der Waals surface area contributed by atoms with Crippen molar-refractivity contribution in [2.45, 2.75) is 58.8 Å². The van der Waals surface area contributed by atoms with Gasteiger partial charge in [-0.3, -0.25) is 4.79 Å². The van der Waals surface area contributed by atoms with Crippen LogP contribution in [0, 0.1) is 41.4 Å². The number of esters is 1. The van der Waals surface area contributed by atoms with Crippen LogP contribution in [0.2, 0.25) is 0 Å². The van der Waals surface area contributed by atoms with Crippen molar-refractivity contribution in [2.24, 2.45) is 34.5 Å². The minimum atomic E-state index is -2.14. The van der Waals surface area contributed by atoms with Gasteiger partial charge >= 0.3 is 5.97 Å². The van der Waals surface area contributed by atoms with E-state index in [1.165, 1.54) is 0 Å². The maximum absolute atomic E-state index is 14.4. The van der Waals surface area contributed by atoms with Crippen LogP contribution in [0.25, 0.3) is 0 Å². The summed E-state index contributed by atoms with van der Waals surface area (Å²) in [5.74, 6) is -1.30. The molecule has 4 aliphatic rings. The van der Waals surface area contributed by atoms with Crippen molar-refractivity contribution in [3.05, 3.63) is 52.6 Å². The standard InChI is InChI=1S/C29H37NO6/c1-14-8-7-9-20(30-6)21(14)26(34)36-25-15(2)12-28-16(3)10-19-22(27(19,4)5)18(24(28)33)11-17(13-31)23(32)29(25,28)35/h7-9,11-12,16,18-19,22-23,25,30-32,35H,10,13H2,1-6H3/t16-,18+,19-,22+,23-,25+,28-,29+/m1/s1. The van der Waals surface area contributed by atoms with Gasteiger partial charge in [0, 0.05) is 18.7 Å². The van der Waals surface area contributed by atoms with Crippen LogP contribution < -0.4 is 5.32 Å². The lowest BCUT2D eigenvalue weighted by Gasteiger charge is -2.48. The molecular formula is C29H37NO6. The smallest absolute Gasteiger partial charge is 0.341 e. The highest BCUT2D eigenvalue weighted by Gasteiger charge is 2.76. The van der Waals surface area contributed by atoms with Crippen molar-refractivity contribution in [2.75, 3.05) is 19.0 Å². The monoisotopic (exact) mass is 495 g/mol. The Morgan fingerprint density at radius 1 is 1.25 bits per heavy atom. The zero-order valence-electron chi connectivity index (χ0n) is 21.8. The number of hydrogen-bond donors (Lipinski definition) is 4. The van der Waals surface area contributed by atoms with E-state index < -0.39 is 41.7 Å². The first-order valence-corrected chi connectivity index (χ1v) is 12.8. The molecule has 1 spiro atoms. The molecule has 0 aromatic heterocycles. The molecule has 5 rings (SSSR count). The van der Waals surface area contributed by atoms with Crippen LogP contribution >= 0.6 is 0 Å². The van der Waals surface area contributed by atoms with Gasteiger partial charge < -0.3 is 25.4 Å². The number of Topliss-reactive ketones (excluding diaryl/α,β-unsaturated/α-hetero) is 1. The molecule has 0 unspecified atom stereocenters. The van der Waals surface area contributed by atoms with E-state index in [1.807, 2.05) is 13.0 Å². The lowest BCUT2D eigenvalue weighted by Crippen LogP contribution is -2.65. The Bertz CT molecular complexity index is 1200. The molecule has 7 heteroatoms. The Morgan fingerprint density at radius 3 is 2.58 bits per heavy atom. The second kappa shape index (κ2) is 8.01. The van der Waals surface area contributed by atoms with Gasteiger partial charge in [-0.05, 0) is 66.2 Å². The summed E-state index contributed by atoms with van der Waals surface area (Å²) < 4.78 is 6.01. The van der Waals surface area contributed by atoms with Gasteiger partial charge in [-0.2, -0.15) is 0 Å². The van der Waals surface area contributed by atoms with Crippen molar-refractivity contribution in [3.8, 4) is 0 Å². The van der Waals surface area contributed by atoms with Crippen molar-refractivity contribution in [1.29, 1.82) is 0 Å². The summed E-state index contributed by atoms with van der Waals surface area (Å²) in [6.07, 6.45) is 1.30. The van der Waals surface area contributed by atoms with E-state index in [-0.39, 0.29) is 34.5 Å². The van der Waals surface area contributed by atoms with E-state index in [0.29, 0.717) is 28.8 Å². The largest absolute Gasteiger partial charge is 0.451 e. The number of allylic oxidation sites excluding steroid dienone is 1. The van der Waals surface area contributed by atoms with Crippen LogP contribution in [0.4, 0.5) is 5.69 Å². The summed E-state index contributed by atoms with van der Waals surface area (Å²) in [7, 11) is 1.71. The summed E-state index contributed by atoms with van der Waals surface area (Å²) in [6, 6.07) is 5.39. The molecule has 1 aromatic carbocycles. The SMILES string of the molecule is CNc1cccc(C)c1C(=O)O[C@H]1C(C)=C[C@@]23C(=O)[C@@H](C=C(CO)[C@@H](O)[C@]12O)[C@H]1[C@@H](C[C@H]3C)C1(C)C. The highest BCUT2D eigenvalue weighted by Crippen LogP contribution is 2.71. The van der Waals surface area contributed by atoms with E-state index >= 15 is 0 Å². The van der Waals surface area contributed by atoms with Crippen LogP contribution in [-0.4, -0.2) is 58.5 Å². The van der Waals surface area contributed by atoms with E-state index in [1.54, 1.807) is 45.2 Å². The van der Waals surface area contributed by atoms with Gasteiger partial charge in [0.25, 0.3) is 0 Å². The van der Waals surface area contributed by atoms with E-state index in [9.17, 15) is 24.9 Å². The maximum atomic E-state index is 14.4. The normalized spacial score (nSPS) is 40.2. The Balaban J connectivity index is 1.64. The fourth-order valence-electron chi connectivity index (χ4n) is 7.91. The molecular weight excluding hydrogens is 458 g/mol. The Morgan fingerprint density at radius 2 is 1.94 bits per heavy atom. The number of hydrogen-bond acceptors (Lipinski definition) is 7. The number of aliphatic hydroxyl groups excluding tert-OH is 2. The second-order valence-electron chi connectivity index (χ2n) is 11.9. The zero-order valence-corrected chi connectivity index (χ0v) is 21.8. The zero-order chi connectivity index (χ0) is 26.4. The van der Waals surface area contributed by atoms with Gasteiger partial charge in [0.2, 0.25) is 0 Å². The van der Waals surface area contributed by atoms with Crippen molar-refractivity contribution in [1.82, 2.24) is 0 Å². The number of ketones is 1. The van der Waals surface area contributed by atoms with Crippen molar-refractivity contribution >= 4 is 17.4 Å². The van der Waals surface area contributed by atoms with Crippen LogP contribution in [0.15, 0.2) is 41.5 Å². The first kappa shape index (κ1) is 25.2. The third kappa shape index (κ3) is 2.96. The molecule has 0 aliphatic heterocycles. The fraction of sp³-hybridized carbons (Fsp3) is 0.586. The van der Waals surface area contributed by atoms with Gasteiger partial charge in [0.15, 0.2) is 17.5 Å². The lowest BCUT2D eigenvalue weighted by atomic mass is 9.59. The van der Waals surface area contributed by atoms with E-state index in [2.05, 4.69) is 19.2 Å². The number of carbonyl (C=O) groups is 2. The molecule has 0 amide bonds. The molecule has 4 N–H and O–H groups in total. The van der Waals surface area contributed by atoms with Crippen LogP contribution in [0.5, 0.6) is 0 Å². The molecule has 0 radical (unpaired) electrons. The molecule has 36 heavy (non-hydrogen) atoms. The van der Waals surface area contributed by atoms with Gasteiger partial charge in [-0.15, -0.1) is 0 Å². The number of carbonyl (C=O) groups excluding carboxylic acids is 2. The van der Waals surface area contributed by atoms with Crippen LogP contribution in [0.3, 0.4) is 0 Å². The molecule has 194 valence electrons. The number of anilines is 1. The predicted molar refractivity (Wildman–Crippen MR) is 135 cm³/mol. The maximum Gasteiger partial charge on any atom is 0.341 e. The summed E-state index contributed by atoms with van der Waals surface area (Å²) in [4.78, 5) is 27.9. The Hall–Kier alpha value is -2.48. The molecule has 2 saturated carbocycles. The predicted octanol–water partition coefficient (Wildman–Crippen LogP) is 3.03. The topological polar surface area (TPSA) is 116 Å². The number of rotatable bonds is 4. The highest BCUT2D eigenvalue weighted by atomic mass is 16.6. The highest BCUT2D eigenvalue weighted by molar-refractivity contribution is 5.98. The molecule has 8 atom stereocenters. The molecule has 2 bridgehead atoms. The minimum absolute atomic E-state index is 0.0434. The number of ether oxygens (including phenoxy) is 1. The fourth-order valence-corrected chi connectivity index (χ4v) is 7.91. The molecule has 1 aromatic rings. The quantitative estimate of drug-likeness (QED) is 0.375. The summed E-state index contributed by atoms with van der Waals surface area (Å²) >= 11 is 0. The molecule has 0 heterocycles. The average molecular weight is 496 g/mol. The van der Waals surface area contributed by atoms with Crippen LogP contribution in [-0.2, 0) is 9.53 Å². The van der Waals surface area contributed by atoms with Crippen molar-refractivity contribution in [3.63, 3.8) is 0 Å². The minimum Gasteiger partial charge on any atom is -0.451 e. The number of fused-ring (bicyclic) bond motifs is 3. The average Bonchev–Trinajstić information content (AvgIpc) is 3.32. The number of aryl methyl sites for hydroxylation is 1. The first-order chi connectivity index (χ1) is 16.9. The number of aliphatic hydroxyl groups is 3. The summed E-state index contributed by atoms with van der Waals surface area (Å²) in [6.45, 7) is 9.28. The Labute approximate surface area is 212 Å². The van der Waals surface area contributed by atoms with E-state index in [0.717, 1.165) is 0 Å². The lowest BCUT2D eigenvalue weighted by molar-refractivity contribution is -0.190. The van der Waals surface area contributed by atoms with E-state index in [4.69, 9.17) is 4.74 Å². The van der Waals surface area contributed by atoms with Crippen LogP contribution in [0.1, 0.15) is 50.0 Å². The number of nitrogens with one attached hydrogen (secondary N) is 1. The van der Waals surface area contributed by atoms with Crippen molar-refractivity contribution < 1.29 is 29.6 Å². The summed E-state index contributed by atoms with van der Waals surface area (Å²) in [5, 5.41) is 37.4. The molecule has 0 saturated heterocycles. The first-order valence-electron chi connectivity index (χ1n) is 12.8. The molecule has 2 fully saturated rings. The van der Waals surface area contributed by atoms with Gasteiger partial charge in [-0.1, -0.05) is 45.1 Å². The number of benzene rings is 1. The molecule has 7 nitrogen and oxygen atoms in total. The third-order valence-electron chi connectivity index (χ3n) is 9.87. The summed E-state index contributed by atoms with van der Waals surface area (Å²) in [5.41, 5.74) is -1.29. The second-order valence-corrected chi connectivity index (χ2v) is 11.9. The third-order valence-corrected chi connectivity index (χ3v) is 9.87.